The molecule has 0 aromatic rings. The Hall–Kier alpha value is -0.340. The van der Waals surface area contributed by atoms with E-state index in [2.05, 4.69) is 29.4 Å². The number of likely N-dealkylation sites (tertiary alicyclic amines) is 1. The van der Waals surface area contributed by atoms with Crippen molar-refractivity contribution in [2.24, 2.45) is 5.92 Å². The molecule has 0 saturated carbocycles. The fraction of sp³-hybridized carbons (Fsp3) is 0.833. The predicted octanol–water partition coefficient (Wildman–Crippen LogP) is 1.64. The van der Waals surface area contributed by atoms with Gasteiger partial charge in [-0.1, -0.05) is 12.2 Å². The van der Waals surface area contributed by atoms with Gasteiger partial charge in [-0.2, -0.15) is 0 Å². The maximum Gasteiger partial charge on any atom is 0.0207 e. The van der Waals surface area contributed by atoms with E-state index in [1.807, 2.05) is 0 Å². The summed E-state index contributed by atoms with van der Waals surface area (Å²) in [5.74, 6) is 0.894. The summed E-state index contributed by atoms with van der Waals surface area (Å²) in [7, 11) is 2.21. The quantitative estimate of drug-likeness (QED) is 0.687. The van der Waals surface area contributed by atoms with E-state index >= 15 is 0 Å². The third-order valence-electron chi connectivity index (χ3n) is 3.46. The Morgan fingerprint density at radius 3 is 2.93 bits per heavy atom. The van der Waals surface area contributed by atoms with Gasteiger partial charge in [0.15, 0.2) is 0 Å². The second-order valence-corrected chi connectivity index (χ2v) is 4.81. The molecule has 2 nitrogen and oxygen atoms in total. The summed E-state index contributed by atoms with van der Waals surface area (Å²) in [6.45, 7) is 3.73. The van der Waals surface area contributed by atoms with Crippen molar-refractivity contribution in [3.63, 3.8) is 0 Å². The summed E-state index contributed by atoms with van der Waals surface area (Å²) in [5, 5.41) is 3.71. The van der Waals surface area contributed by atoms with Crippen LogP contribution in [-0.4, -0.2) is 37.6 Å². The molecule has 0 aromatic heterocycles. The van der Waals surface area contributed by atoms with Gasteiger partial charge < -0.3 is 10.2 Å². The molecule has 1 heterocycles. The molecule has 80 valence electrons. The van der Waals surface area contributed by atoms with E-state index in [4.69, 9.17) is 0 Å². The third-order valence-corrected chi connectivity index (χ3v) is 3.46. The zero-order valence-corrected chi connectivity index (χ0v) is 9.21. The highest BCUT2D eigenvalue weighted by atomic mass is 15.2. The number of hydrogen-bond donors (Lipinski definition) is 1. The zero-order valence-electron chi connectivity index (χ0n) is 9.21. The summed E-state index contributed by atoms with van der Waals surface area (Å²) in [6.07, 6.45) is 9.95. The summed E-state index contributed by atoms with van der Waals surface area (Å²) >= 11 is 0. The SMILES string of the molecule is CN1CC[C@@H](NC[C@H]2CC=CCC2)C1. The van der Waals surface area contributed by atoms with Crippen LogP contribution >= 0.6 is 0 Å². The minimum absolute atomic E-state index is 0.755. The Bertz CT molecular complexity index is 200. The van der Waals surface area contributed by atoms with Gasteiger partial charge in [0.1, 0.15) is 0 Å². The summed E-state index contributed by atoms with van der Waals surface area (Å²) < 4.78 is 0. The maximum absolute atomic E-state index is 3.71. The van der Waals surface area contributed by atoms with Gasteiger partial charge in [-0.25, -0.2) is 0 Å². The Balaban J connectivity index is 1.64. The van der Waals surface area contributed by atoms with Crippen LogP contribution in [0.5, 0.6) is 0 Å². The van der Waals surface area contributed by atoms with Crippen molar-refractivity contribution in [3.8, 4) is 0 Å². The first-order valence-corrected chi connectivity index (χ1v) is 5.91. The molecule has 2 rings (SSSR count). The van der Waals surface area contributed by atoms with Crippen molar-refractivity contribution >= 4 is 0 Å². The van der Waals surface area contributed by atoms with Gasteiger partial charge in [-0.05, 0) is 51.7 Å². The van der Waals surface area contributed by atoms with Gasteiger partial charge in [0, 0.05) is 12.6 Å². The highest BCUT2D eigenvalue weighted by Crippen LogP contribution is 2.17. The molecule has 14 heavy (non-hydrogen) atoms. The highest BCUT2D eigenvalue weighted by molar-refractivity contribution is 4.91. The average molecular weight is 194 g/mol. The molecule has 1 N–H and O–H groups in total. The molecule has 1 fully saturated rings. The normalized spacial score (nSPS) is 33.8. The molecule has 1 saturated heterocycles. The lowest BCUT2D eigenvalue weighted by Gasteiger charge is -2.21. The molecule has 2 aliphatic rings. The number of nitrogens with zero attached hydrogens (tertiary/aromatic N) is 1. The monoisotopic (exact) mass is 194 g/mol. The van der Waals surface area contributed by atoms with E-state index in [-0.39, 0.29) is 0 Å². The number of likely N-dealkylation sites (N-methyl/N-ethyl adjacent to an activating group) is 1. The standard InChI is InChI=1S/C12H22N2/c1-14-8-7-12(10-14)13-9-11-5-3-2-4-6-11/h2-3,11-13H,4-10H2,1H3/t11-,12+/m0/s1. The van der Waals surface area contributed by atoms with Gasteiger partial charge in [-0.3, -0.25) is 0 Å². The maximum atomic E-state index is 3.71. The van der Waals surface area contributed by atoms with Crippen LogP contribution in [0.3, 0.4) is 0 Å². The van der Waals surface area contributed by atoms with E-state index in [9.17, 15) is 0 Å². The lowest BCUT2D eigenvalue weighted by molar-refractivity contribution is 0.375. The van der Waals surface area contributed by atoms with Crippen LogP contribution in [0.4, 0.5) is 0 Å². The van der Waals surface area contributed by atoms with Crippen LogP contribution in [0.15, 0.2) is 12.2 Å². The van der Waals surface area contributed by atoms with Crippen LogP contribution in [0, 0.1) is 5.92 Å². The summed E-state index contributed by atoms with van der Waals surface area (Å²) in [6, 6.07) is 0.755. The van der Waals surface area contributed by atoms with E-state index in [0.29, 0.717) is 0 Å². The average Bonchev–Trinajstić information content (AvgIpc) is 2.63. The highest BCUT2D eigenvalue weighted by Gasteiger charge is 2.19. The van der Waals surface area contributed by atoms with Crippen molar-refractivity contribution in [2.45, 2.75) is 31.7 Å². The first-order chi connectivity index (χ1) is 6.84. The number of allylic oxidation sites excluding steroid dienone is 2. The molecular formula is C12H22N2. The lowest BCUT2D eigenvalue weighted by Crippen LogP contribution is -2.35. The minimum Gasteiger partial charge on any atom is -0.312 e. The Morgan fingerprint density at radius 2 is 2.29 bits per heavy atom. The van der Waals surface area contributed by atoms with E-state index in [0.717, 1.165) is 12.0 Å². The number of hydrogen-bond acceptors (Lipinski definition) is 2. The number of rotatable bonds is 3. The van der Waals surface area contributed by atoms with E-state index in [1.54, 1.807) is 0 Å². The largest absolute Gasteiger partial charge is 0.312 e. The Morgan fingerprint density at radius 1 is 1.36 bits per heavy atom. The molecule has 1 aliphatic carbocycles. The first-order valence-electron chi connectivity index (χ1n) is 5.91. The van der Waals surface area contributed by atoms with Gasteiger partial charge in [0.05, 0.1) is 0 Å². The van der Waals surface area contributed by atoms with E-state index in [1.165, 1.54) is 45.3 Å². The van der Waals surface area contributed by atoms with Crippen molar-refractivity contribution in [1.82, 2.24) is 10.2 Å². The van der Waals surface area contributed by atoms with E-state index < -0.39 is 0 Å². The second-order valence-electron chi connectivity index (χ2n) is 4.81. The molecule has 0 radical (unpaired) electrons. The van der Waals surface area contributed by atoms with Gasteiger partial charge in [-0.15, -0.1) is 0 Å². The molecule has 0 spiro atoms. The molecular weight excluding hydrogens is 172 g/mol. The van der Waals surface area contributed by atoms with Gasteiger partial charge >= 0.3 is 0 Å². The van der Waals surface area contributed by atoms with Crippen LogP contribution in [0.25, 0.3) is 0 Å². The molecule has 2 atom stereocenters. The van der Waals surface area contributed by atoms with Gasteiger partial charge in [0.25, 0.3) is 0 Å². The molecule has 0 amide bonds. The van der Waals surface area contributed by atoms with Crippen molar-refractivity contribution in [1.29, 1.82) is 0 Å². The smallest absolute Gasteiger partial charge is 0.0207 e. The molecule has 0 unspecified atom stereocenters. The van der Waals surface area contributed by atoms with Crippen LogP contribution in [-0.2, 0) is 0 Å². The van der Waals surface area contributed by atoms with Crippen LogP contribution < -0.4 is 5.32 Å². The van der Waals surface area contributed by atoms with Crippen LogP contribution in [0.1, 0.15) is 25.7 Å². The molecule has 0 bridgehead atoms. The summed E-state index contributed by atoms with van der Waals surface area (Å²) in [4.78, 5) is 2.42. The van der Waals surface area contributed by atoms with Gasteiger partial charge in [0.2, 0.25) is 0 Å². The third kappa shape index (κ3) is 2.82. The van der Waals surface area contributed by atoms with Crippen molar-refractivity contribution < 1.29 is 0 Å². The van der Waals surface area contributed by atoms with Crippen molar-refractivity contribution in [3.05, 3.63) is 12.2 Å². The molecule has 1 aliphatic heterocycles. The topological polar surface area (TPSA) is 15.3 Å². The first kappa shape index (κ1) is 10.2. The molecule has 2 heteroatoms. The zero-order chi connectivity index (χ0) is 9.80. The Kier molecular flexibility index (Phi) is 3.60. The predicted molar refractivity (Wildman–Crippen MR) is 60.4 cm³/mol. The van der Waals surface area contributed by atoms with Crippen LogP contribution in [0.2, 0.25) is 0 Å². The second kappa shape index (κ2) is 4.94. The summed E-state index contributed by atoms with van der Waals surface area (Å²) in [5.41, 5.74) is 0. The number of nitrogens with one attached hydrogen (secondary N) is 1. The fourth-order valence-corrected chi connectivity index (χ4v) is 2.48. The fourth-order valence-electron chi connectivity index (χ4n) is 2.48. The Labute approximate surface area is 87.4 Å². The lowest BCUT2D eigenvalue weighted by atomic mass is 9.94. The minimum atomic E-state index is 0.755. The molecule has 0 aromatic carbocycles. The van der Waals surface area contributed by atoms with Crippen molar-refractivity contribution in [2.75, 3.05) is 26.7 Å².